The minimum Gasteiger partial charge on any atom is -0.455 e. The highest BCUT2D eigenvalue weighted by molar-refractivity contribution is 6.12. The Morgan fingerprint density at radius 2 is 1.52 bits per heavy atom. The van der Waals surface area contributed by atoms with Gasteiger partial charge in [-0.2, -0.15) is 0 Å². The van der Waals surface area contributed by atoms with Gasteiger partial charge in [-0.15, -0.1) is 0 Å². The molecule has 0 aliphatic rings. The van der Waals surface area contributed by atoms with Gasteiger partial charge in [0.2, 0.25) is 0 Å². The average molecular weight is 273 g/mol. The van der Waals surface area contributed by atoms with Gasteiger partial charge in [-0.1, -0.05) is 48.5 Å². The van der Waals surface area contributed by atoms with Crippen molar-refractivity contribution in [2.24, 2.45) is 0 Å². The van der Waals surface area contributed by atoms with Crippen molar-refractivity contribution in [2.45, 2.75) is 0 Å². The molecule has 0 unspecified atom stereocenters. The first-order valence-corrected chi connectivity index (χ1v) is 7.06. The van der Waals surface area contributed by atoms with E-state index in [-0.39, 0.29) is 0 Å². The SMILES string of the molecule is CNc1ccc2c(oc3ccccc32)c1-c1ccccc1. The third-order valence-electron chi connectivity index (χ3n) is 3.88. The predicted octanol–water partition coefficient (Wildman–Crippen LogP) is 5.29. The zero-order valence-corrected chi connectivity index (χ0v) is 11.8. The van der Waals surface area contributed by atoms with Crippen molar-refractivity contribution >= 4 is 27.6 Å². The zero-order chi connectivity index (χ0) is 14.2. The Kier molecular flexibility index (Phi) is 2.68. The summed E-state index contributed by atoms with van der Waals surface area (Å²) in [7, 11) is 1.94. The molecule has 1 aromatic heterocycles. The monoisotopic (exact) mass is 273 g/mol. The highest BCUT2D eigenvalue weighted by Crippen LogP contribution is 2.39. The van der Waals surface area contributed by atoms with E-state index in [1.54, 1.807) is 0 Å². The molecule has 3 aromatic carbocycles. The lowest BCUT2D eigenvalue weighted by Crippen LogP contribution is -1.92. The molecule has 0 spiro atoms. The van der Waals surface area contributed by atoms with Gasteiger partial charge < -0.3 is 9.73 Å². The van der Waals surface area contributed by atoms with Gasteiger partial charge in [-0.25, -0.2) is 0 Å². The number of nitrogens with one attached hydrogen (secondary N) is 1. The summed E-state index contributed by atoms with van der Waals surface area (Å²) in [6, 6.07) is 22.8. The van der Waals surface area contributed by atoms with E-state index in [9.17, 15) is 0 Å². The highest BCUT2D eigenvalue weighted by Gasteiger charge is 2.15. The second-order valence-corrected chi connectivity index (χ2v) is 5.08. The highest BCUT2D eigenvalue weighted by atomic mass is 16.3. The number of benzene rings is 3. The van der Waals surface area contributed by atoms with E-state index in [0.717, 1.165) is 38.8 Å². The van der Waals surface area contributed by atoms with Crippen LogP contribution in [0.1, 0.15) is 0 Å². The minimum absolute atomic E-state index is 0.929. The Morgan fingerprint density at radius 3 is 2.33 bits per heavy atom. The van der Waals surface area contributed by atoms with E-state index in [1.807, 2.05) is 31.3 Å². The summed E-state index contributed by atoms with van der Waals surface area (Å²) in [5.41, 5.74) is 5.22. The van der Waals surface area contributed by atoms with E-state index in [1.165, 1.54) is 0 Å². The van der Waals surface area contributed by atoms with Gasteiger partial charge in [0.05, 0.1) is 0 Å². The Hall–Kier alpha value is -2.74. The number of para-hydroxylation sites is 1. The number of fused-ring (bicyclic) bond motifs is 3. The fourth-order valence-corrected chi connectivity index (χ4v) is 2.89. The van der Waals surface area contributed by atoms with Gasteiger partial charge in [-0.3, -0.25) is 0 Å². The Balaban J connectivity index is 2.16. The van der Waals surface area contributed by atoms with Crippen LogP contribution in [-0.2, 0) is 0 Å². The fourth-order valence-electron chi connectivity index (χ4n) is 2.89. The molecule has 4 rings (SSSR count). The summed E-state index contributed by atoms with van der Waals surface area (Å²) in [6.45, 7) is 0. The molecule has 0 saturated carbocycles. The van der Waals surface area contributed by atoms with Crippen molar-refractivity contribution in [2.75, 3.05) is 12.4 Å². The summed E-state index contributed by atoms with van der Waals surface area (Å²) in [5, 5.41) is 5.59. The molecular weight excluding hydrogens is 258 g/mol. The van der Waals surface area contributed by atoms with Crippen LogP contribution >= 0.6 is 0 Å². The van der Waals surface area contributed by atoms with Gasteiger partial charge in [0, 0.05) is 29.1 Å². The summed E-state index contributed by atoms with van der Waals surface area (Å²) < 4.78 is 6.14. The Bertz CT molecular complexity index is 922. The molecule has 0 aliphatic carbocycles. The molecule has 2 nitrogen and oxygen atoms in total. The first kappa shape index (κ1) is 12.0. The number of furan rings is 1. The van der Waals surface area contributed by atoms with Gasteiger partial charge in [0.25, 0.3) is 0 Å². The Morgan fingerprint density at radius 1 is 0.762 bits per heavy atom. The maximum atomic E-state index is 6.14. The van der Waals surface area contributed by atoms with Crippen molar-refractivity contribution < 1.29 is 4.42 Å². The second kappa shape index (κ2) is 4.67. The van der Waals surface area contributed by atoms with Crippen LogP contribution < -0.4 is 5.32 Å². The molecule has 0 bridgehead atoms. The van der Waals surface area contributed by atoms with Crippen LogP contribution in [-0.4, -0.2) is 7.05 Å². The smallest absolute Gasteiger partial charge is 0.145 e. The van der Waals surface area contributed by atoms with Crippen molar-refractivity contribution in [1.29, 1.82) is 0 Å². The van der Waals surface area contributed by atoms with Gasteiger partial charge >= 0.3 is 0 Å². The lowest BCUT2D eigenvalue weighted by atomic mass is 10.0. The summed E-state index contributed by atoms with van der Waals surface area (Å²) >= 11 is 0. The molecule has 0 atom stereocenters. The van der Waals surface area contributed by atoms with Gasteiger partial charge in [0.15, 0.2) is 0 Å². The summed E-state index contributed by atoms with van der Waals surface area (Å²) in [6.07, 6.45) is 0. The van der Waals surface area contributed by atoms with E-state index < -0.39 is 0 Å². The molecule has 1 heterocycles. The molecular formula is C19H15NO. The van der Waals surface area contributed by atoms with E-state index in [2.05, 4.69) is 47.8 Å². The number of anilines is 1. The third-order valence-corrected chi connectivity index (χ3v) is 3.88. The first-order chi connectivity index (χ1) is 10.4. The molecule has 102 valence electrons. The molecule has 21 heavy (non-hydrogen) atoms. The summed E-state index contributed by atoms with van der Waals surface area (Å²) in [5.74, 6) is 0. The Labute approximate surface area is 123 Å². The number of rotatable bonds is 2. The van der Waals surface area contributed by atoms with Gasteiger partial charge in [0.1, 0.15) is 11.2 Å². The van der Waals surface area contributed by atoms with Crippen LogP contribution in [0.2, 0.25) is 0 Å². The molecule has 0 aliphatic heterocycles. The third kappa shape index (κ3) is 1.80. The quantitative estimate of drug-likeness (QED) is 0.536. The van der Waals surface area contributed by atoms with Crippen LogP contribution in [0.3, 0.4) is 0 Å². The second-order valence-electron chi connectivity index (χ2n) is 5.08. The van der Waals surface area contributed by atoms with Crippen LogP contribution in [0.4, 0.5) is 5.69 Å². The van der Waals surface area contributed by atoms with E-state index in [4.69, 9.17) is 4.42 Å². The van der Waals surface area contributed by atoms with Gasteiger partial charge in [-0.05, 0) is 23.8 Å². The molecule has 4 aromatic rings. The van der Waals surface area contributed by atoms with Crippen LogP contribution in [0, 0.1) is 0 Å². The maximum absolute atomic E-state index is 6.14. The average Bonchev–Trinajstić information content (AvgIpc) is 2.93. The molecule has 2 heteroatoms. The van der Waals surface area contributed by atoms with Crippen molar-refractivity contribution in [1.82, 2.24) is 0 Å². The van der Waals surface area contributed by atoms with E-state index in [0.29, 0.717) is 0 Å². The normalized spacial score (nSPS) is 11.1. The van der Waals surface area contributed by atoms with E-state index >= 15 is 0 Å². The fraction of sp³-hybridized carbons (Fsp3) is 0.0526. The lowest BCUT2D eigenvalue weighted by Gasteiger charge is -2.09. The van der Waals surface area contributed by atoms with Crippen molar-refractivity contribution in [3.05, 3.63) is 66.7 Å². The minimum atomic E-state index is 0.929. The van der Waals surface area contributed by atoms with Crippen LogP contribution in [0.5, 0.6) is 0 Å². The molecule has 0 fully saturated rings. The zero-order valence-electron chi connectivity index (χ0n) is 11.8. The number of hydrogen-bond acceptors (Lipinski definition) is 2. The van der Waals surface area contributed by atoms with Crippen LogP contribution in [0.15, 0.2) is 71.1 Å². The van der Waals surface area contributed by atoms with Crippen molar-refractivity contribution in [3.63, 3.8) is 0 Å². The van der Waals surface area contributed by atoms with Crippen LogP contribution in [0.25, 0.3) is 33.1 Å². The largest absolute Gasteiger partial charge is 0.455 e. The lowest BCUT2D eigenvalue weighted by molar-refractivity contribution is 0.670. The predicted molar refractivity (Wildman–Crippen MR) is 88.7 cm³/mol. The molecule has 0 saturated heterocycles. The number of hydrogen-bond donors (Lipinski definition) is 1. The standard InChI is InChI=1S/C19H15NO/c1-20-16-12-11-15-14-9-5-6-10-17(14)21-19(15)18(16)13-7-3-2-4-8-13/h2-12,20H,1H3. The van der Waals surface area contributed by atoms with Crippen molar-refractivity contribution in [3.8, 4) is 11.1 Å². The summed E-state index contributed by atoms with van der Waals surface area (Å²) in [4.78, 5) is 0. The molecule has 0 radical (unpaired) electrons. The maximum Gasteiger partial charge on any atom is 0.145 e. The molecule has 0 amide bonds. The molecule has 1 N–H and O–H groups in total. The topological polar surface area (TPSA) is 25.2 Å². The first-order valence-electron chi connectivity index (χ1n) is 7.06.